The van der Waals surface area contributed by atoms with Gasteiger partial charge in [-0.25, -0.2) is 4.98 Å². The Hall–Kier alpha value is -1.96. The van der Waals surface area contributed by atoms with Crippen LogP contribution in [0.25, 0.3) is 0 Å². The summed E-state index contributed by atoms with van der Waals surface area (Å²) in [6.45, 7) is 1.09. The lowest BCUT2D eigenvalue weighted by atomic mass is 9.91. The normalized spacial score (nSPS) is 25.2. The molecule has 9 heteroatoms. The highest BCUT2D eigenvalue weighted by atomic mass is 35.5. The zero-order valence-corrected chi connectivity index (χ0v) is 11.2. The van der Waals surface area contributed by atoms with Crippen molar-refractivity contribution in [2.75, 3.05) is 18.0 Å². The van der Waals surface area contributed by atoms with Gasteiger partial charge in [-0.2, -0.15) is 4.98 Å². The second-order valence-electron chi connectivity index (χ2n) is 4.86. The molecule has 8 nitrogen and oxygen atoms in total. The van der Waals surface area contributed by atoms with Gasteiger partial charge >= 0.3 is 5.69 Å². The second-order valence-corrected chi connectivity index (χ2v) is 5.20. The van der Waals surface area contributed by atoms with E-state index in [0.29, 0.717) is 13.1 Å². The van der Waals surface area contributed by atoms with E-state index < -0.39 is 4.92 Å². The fourth-order valence-corrected chi connectivity index (χ4v) is 3.03. The van der Waals surface area contributed by atoms with Crippen LogP contribution in [0.15, 0.2) is 6.20 Å². The molecule has 0 saturated carbocycles. The van der Waals surface area contributed by atoms with Crippen LogP contribution in [0, 0.1) is 16.0 Å². The molecule has 3 rings (SSSR count). The number of anilines is 1. The summed E-state index contributed by atoms with van der Waals surface area (Å²) < 4.78 is 0. The molecule has 106 valence electrons. The lowest BCUT2D eigenvalue weighted by molar-refractivity contribution is -0.384. The molecular weight excluding hydrogens is 286 g/mol. The van der Waals surface area contributed by atoms with E-state index in [2.05, 4.69) is 15.3 Å². The van der Waals surface area contributed by atoms with Crippen LogP contribution in [0.1, 0.15) is 12.8 Å². The molecule has 20 heavy (non-hydrogen) atoms. The molecule has 0 spiro atoms. The number of carbonyl (C=O) groups excluding carboxylic acids is 1. The first-order valence-electron chi connectivity index (χ1n) is 6.29. The molecule has 2 aliphatic rings. The third-order valence-corrected chi connectivity index (χ3v) is 3.97. The smallest absolute Gasteiger partial charge is 0.329 e. The minimum atomic E-state index is -0.528. The van der Waals surface area contributed by atoms with Gasteiger partial charge in [-0.1, -0.05) is 0 Å². The molecule has 0 aliphatic carbocycles. The van der Waals surface area contributed by atoms with Crippen LogP contribution in [0.3, 0.4) is 0 Å². The minimum Gasteiger partial charge on any atom is -0.354 e. The van der Waals surface area contributed by atoms with E-state index in [0.717, 1.165) is 19.0 Å². The zero-order valence-electron chi connectivity index (χ0n) is 10.5. The van der Waals surface area contributed by atoms with Gasteiger partial charge in [0, 0.05) is 13.1 Å². The van der Waals surface area contributed by atoms with Crippen LogP contribution < -0.4 is 10.2 Å². The van der Waals surface area contributed by atoms with Crippen molar-refractivity contribution >= 4 is 29.0 Å². The van der Waals surface area contributed by atoms with E-state index in [1.807, 2.05) is 0 Å². The van der Waals surface area contributed by atoms with Crippen molar-refractivity contribution in [2.45, 2.75) is 18.9 Å². The standard InChI is InChI=1S/C11H12ClN5O3/c12-11-14-5-8(17(19)20)9(15-11)16-3-1-2-6-7(16)4-13-10(6)18/h5-7H,1-4H2,(H,13,18). The molecule has 1 aromatic heterocycles. The SMILES string of the molecule is O=C1NCC2C1CCCN2c1nc(Cl)ncc1[N+](=O)[O-]. The van der Waals surface area contributed by atoms with E-state index in [1.165, 1.54) is 0 Å². The Labute approximate surface area is 119 Å². The van der Waals surface area contributed by atoms with Crippen LogP contribution in [-0.4, -0.2) is 39.9 Å². The number of nitrogens with zero attached hydrogens (tertiary/aromatic N) is 4. The molecule has 1 amide bonds. The Bertz CT molecular complexity index is 581. The summed E-state index contributed by atoms with van der Waals surface area (Å²) in [5, 5.41) is 13.9. The number of nitrogens with one attached hydrogen (secondary N) is 1. The average Bonchev–Trinajstić information content (AvgIpc) is 2.80. The molecule has 2 fully saturated rings. The number of nitro groups is 1. The van der Waals surface area contributed by atoms with E-state index in [4.69, 9.17) is 11.6 Å². The maximum absolute atomic E-state index is 11.7. The monoisotopic (exact) mass is 297 g/mol. The highest BCUT2D eigenvalue weighted by molar-refractivity contribution is 6.28. The number of aromatic nitrogens is 2. The molecule has 2 aliphatic heterocycles. The lowest BCUT2D eigenvalue weighted by Gasteiger charge is -2.36. The number of piperidine rings is 1. The average molecular weight is 298 g/mol. The van der Waals surface area contributed by atoms with Crippen molar-refractivity contribution in [1.29, 1.82) is 0 Å². The molecule has 0 radical (unpaired) electrons. The van der Waals surface area contributed by atoms with Gasteiger partial charge in [0.05, 0.1) is 16.9 Å². The fraction of sp³-hybridized carbons (Fsp3) is 0.545. The van der Waals surface area contributed by atoms with Gasteiger partial charge in [0.2, 0.25) is 17.0 Å². The number of fused-ring (bicyclic) bond motifs is 1. The second kappa shape index (κ2) is 4.86. The molecule has 1 N–H and O–H groups in total. The van der Waals surface area contributed by atoms with Crippen molar-refractivity contribution in [3.05, 3.63) is 21.6 Å². The van der Waals surface area contributed by atoms with Gasteiger partial charge in [-0.3, -0.25) is 14.9 Å². The summed E-state index contributed by atoms with van der Waals surface area (Å²) in [5.74, 6) is 0.0563. The molecule has 2 atom stereocenters. The molecule has 0 aromatic carbocycles. The topological polar surface area (TPSA) is 101 Å². The van der Waals surface area contributed by atoms with Crippen molar-refractivity contribution in [3.8, 4) is 0 Å². The zero-order chi connectivity index (χ0) is 14.3. The van der Waals surface area contributed by atoms with Crippen LogP contribution in [-0.2, 0) is 4.79 Å². The molecule has 0 bridgehead atoms. The number of amides is 1. The Morgan fingerprint density at radius 1 is 1.55 bits per heavy atom. The summed E-state index contributed by atoms with van der Waals surface area (Å²) in [7, 11) is 0. The largest absolute Gasteiger partial charge is 0.354 e. The van der Waals surface area contributed by atoms with Crippen LogP contribution in [0.2, 0.25) is 5.28 Å². The Kier molecular flexibility index (Phi) is 3.17. The summed E-state index contributed by atoms with van der Waals surface area (Å²) in [6.07, 6.45) is 2.69. The molecule has 2 unspecified atom stereocenters. The van der Waals surface area contributed by atoms with Crippen LogP contribution >= 0.6 is 11.6 Å². The number of hydrogen-bond donors (Lipinski definition) is 1. The summed E-state index contributed by atoms with van der Waals surface area (Å²) in [4.78, 5) is 31.8. The van der Waals surface area contributed by atoms with E-state index in [1.54, 1.807) is 4.90 Å². The van der Waals surface area contributed by atoms with Crippen molar-refractivity contribution in [2.24, 2.45) is 5.92 Å². The quantitative estimate of drug-likeness (QED) is 0.491. The van der Waals surface area contributed by atoms with Crippen LogP contribution in [0.4, 0.5) is 11.5 Å². The number of hydrogen-bond acceptors (Lipinski definition) is 6. The number of rotatable bonds is 2. The predicted octanol–water partition coefficient (Wildman–Crippen LogP) is 0.753. The highest BCUT2D eigenvalue weighted by Gasteiger charge is 2.43. The fourth-order valence-electron chi connectivity index (χ4n) is 2.90. The van der Waals surface area contributed by atoms with Gasteiger partial charge in [0.15, 0.2) is 0 Å². The summed E-state index contributed by atoms with van der Waals surface area (Å²) >= 11 is 5.76. The maximum atomic E-state index is 11.7. The van der Waals surface area contributed by atoms with Crippen molar-refractivity contribution < 1.29 is 9.72 Å². The Balaban J connectivity index is 2.01. The molecule has 2 saturated heterocycles. The maximum Gasteiger partial charge on any atom is 0.329 e. The number of carbonyl (C=O) groups is 1. The van der Waals surface area contributed by atoms with Gasteiger partial charge in [0.1, 0.15) is 6.20 Å². The first-order valence-corrected chi connectivity index (χ1v) is 6.67. The highest BCUT2D eigenvalue weighted by Crippen LogP contribution is 2.35. The van der Waals surface area contributed by atoms with Gasteiger partial charge in [0.25, 0.3) is 0 Å². The molecule has 1 aromatic rings. The lowest BCUT2D eigenvalue weighted by Crippen LogP contribution is -2.46. The van der Waals surface area contributed by atoms with E-state index in [-0.39, 0.29) is 34.7 Å². The first-order chi connectivity index (χ1) is 9.58. The summed E-state index contributed by atoms with van der Waals surface area (Å²) in [5.41, 5.74) is -0.186. The van der Waals surface area contributed by atoms with Crippen LogP contribution in [0.5, 0.6) is 0 Å². The van der Waals surface area contributed by atoms with Crippen molar-refractivity contribution in [3.63, 3.8) is 0 Å². The first kappa shape index (κ1) is 13.0. The van der Waals surface area contributed by atoms with E-state index in [9.17, 15) is 14.9 Å². The van der Waals surface area contributed by atoms with Gasteiger partial charge < -0.3 is 10.2 Å². The summed E-state index contributed by atoms with van der Waals surface area (Å²) in [6, 6.07) is -0.110. The Morgan fingerprint density at radius 3 is 3.10 bits per heavy atom. The van der Waals surface area contributed by atoms with Gasteiger partial charge in [-0.15, -0.1) is 0 Å². The van der Waals surface area contributed by atoms with E-state index >= 15 is 0 Å². The van der Waals surface area contributed by atoms with Crippen molar-refractivity contribution in [1.82, 2.24) is 15.3 Å². The third-order valence-electron chi connectivity index (χ3n) is 3.79. The molecular formula is C11H12ClN5O3. The van der Waals surface area contributed by atoms with Gasteiger partial charge in [-0.05, 0) is 24.4 Å². The third kappa shape index (κ3) is 2.05. The predicted molar refractivity (Wildman–Crippen MR) is 70.6 cm³/mol. The minimum absolute atomic E-state index is 0.00232. The number of halogens is 1. The molecule has 3 heterocycles. The Morgan fingerprint density at radius 2 is 2.35 bits per heavy atom.